The summed E-state index contributed by atoms with van der Waals surface area (Å²) < 4.78 is 11.9. The number of nitrogens with two attached hydrogens (primary N) is 2. The predicted molar refractivity (Wildman–Crippen MR) is 126 cm³/mol. The van der Waals surface area contributed by atoms with Crippen molar-refractivity contribution in [2.24, 2.45) is 5.73 Å². The fourth-order valence-corrected chi connectivity index (χ4v) is 3.55. The zero-order valence-electron chi connectivity index (χ0n) is 17.9. The van der Waals surface area contributed by atoms with E-state index in [4.69, 9.17) is 20.9 Å². The SMILES string of the molecule is CC(C)(c1ccc(OC2=CC[C@@H](N)C=C2)cc1)c1ccc(Oc2ccc(N)cc2)cc1. The van der Waals surface area contributed by atoms with Crippen LogP contribution in [-0.4, -0.2) is 6.04 Å². The van der Waals surface area contributed by atoms with E-state index < -0.39 is 0 Å². The fraction of sp³-hybridized carbons (Fsp3) is 0.185. The van der Waals surface area contributed by atoms with Crippen LogP contribution in [0.15, 0.2) is 96.8 Å². The second-order valence-corrected chi connectivity index (χ2v) is 8.31. The van der Waals surface area contributed by atoms with Gasteiger partial charge in [0.05, 0.1) is 0 Å². The Hall–Kier alpha value is -3.50. The number of hydrogen-bond acceptors (Lipinski definition) is 4. The Morgan fingerprint density at radius 2 is 1.23 bits per heavy atom. The van der Waals surface area contributed by atoms with Crippen LogP contribution in [0.25, 0.3) is 0 Å². The molecule has 0 amide bonds. The molecular formula is C27H28N2O2. The number of hydrogen-bond donors (Lipinski definition) is 2. The molecule has 1 aliphatic rings. The first-order valence-electron chi connectivity index (χ1n) is 10.5. The molecule has 4 N–H and O–H groups in total. The van der Waals surface area contributed by atoms with E-state index in [0.717, 1.165) is 35.1 Å². The van der Waals surface area contributed by atoms with E-state index in [0.29, 0.717) is 0 Å². The van der Waals surface area contributed by atoms with Crippen molar-refractivity contribution < 1.29 is 9.47 Å². The summed E-state index contributed by atoms with van der Waals surface area (Å²) in [5.74, 6) is 3.21. The lowest BCUT2D eigenvalue weighted by atomic mass is 9.78. The molecule has 0 saturated carbocycles. The molecule has 0 aliphatic heterocycles. The van der Waals surface area contributed by atoms with Crippen molar-refractivity contribution >= 4 is 5.69 Å². The van der Waals surface area contributed by atoms with E-state index in [-0.39, 0.29) is 11.5 Å². The number of nitrogen functional groups attached to an aromatic ring is 1. The van der Waals surface area contributed by atoms with Crippen molar-refractivity contribution in [2.45, 2.75) is 31.7 Å². The minimum absolute atomic E-state index is 0.0822. The largest absolute Gasteiger partial charge is 0.458 e. The van der Waals surface area contributed by atoms with Crippen molar-refractivity contribution in [3.8, 4) is 17.2 Å². The van der Waals surface area contributed by atoms with Crippen molar-refractivity contribution in [3.05, 3.63) is 108 Å². The molecule has 1 atom stereocenters. The van der Waals surface area contributed by atoms with Crippen LogP contribution in [0, 0.1) is 0 Å². The molecule has 4 heteroatoms. The number of ether oxygens (including phenoxy) is 2. The van der Waals surface area contributed by atoms with Gasteiger partial charge in [0.25, 0.3) is 0 Å². The first-order valence-corrected chi connectivity index (χ1v) is 10.5. The third-order valence-corrected chi connectivity index (χ3v) is 5.60. The maximum Gasteiger partial charge on any atom is 0.127 e. The predicted octanol–water partition coefficient (Wildman–Crippen LogP) is 5.94. The third-order valence-electron chi connectivity index (χ3n) is 5.60. The van der Waals surface area contributed by atoms with Crippen LogP contribution < -0.4 is 20.9 Å². The van der Waals surface area contributed by atoms with Crippen LogP contribution in [-0.2, 0) is 5.41 Å². The molecule has 0 heterocycles. The van der Waals surface area contributed by atoms with Crippen molar-refractivity contribution in [1.82, 2.24) is 0 Å². The summed E-state index contributed by atoms with van der Waals surface area (Å²) in [6.07, 6.45) is 6.72. The second kappa shape index (κ2) is 8.70. The maximum absolute atomic E-state index is 5.95. The van der Waals surface area contributed by atoms with Gasteiger partial charge in [0.15, 0.2) is 0 Å². The minimum Gasteiger partial charge on any atom is -0.458 e. The highest BCUT2D eigenvalue weighted by molar-refractivity contribution is 5.45. The van der Waals surface area contributed by atoms with Crippen LogP contribution in [0.1, 0.15) is 31.4 Å². The molecule has 0 radical (unpaired) electrons. The van der Waals surface area contributed by atoms with Crippen LogP contribution in [0.5, 0.6) is 17.2 Å². The Labute approximate surface area is 183 Å². The molecule has 4 nitrogen and oxygen atoms in total. The van der Waals surface area contributed by atoms with Gasteiger partial charge in [-0.15, -0.1) is 0 Å². The van der Waals surface area contributed by atoms with Crippen LogP contribution >= 0.6 is 0 Å². The summed E-state index contributed by atoms with van der Waals surface area (Å²) in [5, 5.41) is 0. The average molecular weight is 413 g/mol. The maximum atomic E-state index is 5.95. The molecule has 158 valence electrons. The molecule has 3 aromatic rings. The van der Waals surface area contributed by atoms with E-state index >= 15 is 0 Å². The molecule has 0 fully saturated rings. The molecule has 3 aromatic carbocycles. The van der Waals surface area contributed by atoms with Gasteiger partial charge in [0, 0.05) is 17.1 Å². The Morgan fingerprint density at radius 3 is 1.71 bits per heavy atom. The van der Waals surface area contributed by atoms with E-state index in [1.165, 1.54) is 11.1 Å². The van der Waals surface area contributed by atoms with Crippen molar-refractivity contribution in [2.75, 3.05) is 5.73 Å². The van der Waals surface area contributed by atoms with Gasteiger partial charge >= 0.3 is 0 Å². The van der Waals surface area contributed by atoms with E-state index in [1.807, 2.05) is 66.8 Å². The number of benzene rings is 3. The van der Waals surface area contributed by atoms with E-state index in [2.05, 4.69) is 38.1 Å². The molecule has 1 aliphatic carbocycles. The molecule has 0 bridgehead atoms. The molecule has 4 rings (SSSR count). The van der Waals surface area contributed by atoms with Gasteiger partial charge in [0.1, 0.15) is 23.0 Å². The lowest BCUT2D eigenvalue weighted by Gasteiger charge is -2.26. The van der Waals surface area contributed by atoms with Gasteiger partial charge in [-0.3, -0.25) is 0 Å². The first kappa shape index (κ1) is 20.8. The second-order valence-electron chi connectivity index (χ2n) is 8.31. The van der Waals surface area contributed by atoms with Crippen LogP contribution in [0.4, 0.5) is 5.69 Å². The lowest BCUT2D eigenvalue weighted by Crippen LogP contribution is -2.19. The Bertz CT molecular complexity index is 1080. The van der Waals surface area contributed by atoms with Gasteiger partial charge in [-0.1, -0.05) is 44.2 Å². The molecule has 0 unspecified atom stereocenters. The summed E-state index contributed by atoms with van der Waals surface area (Å²) in [7, 11) is 0. The Kier molecular flexibility index (Phi) is 5.83. The third kappa shape index (κ3) is 4.98. The molecule has 0 aromatic heterocycles. The molecule has 0 spiro atoms. The van der Waals surface area contributed by atoms with Gasteiger partial charge < -0.3 is 20.9 Å². The lowest BCUT2D eigenvalue weighted by molar-refractivity contribution is 0.437. The van der Waals surface area contributed by atoms with Gasteiger partial charge in [-0.25, -0.2) is 0 Å². The number of anilines is 1. The topological polar surface area (TPSA) is 70.5 Å². The highest BCUT2D eigenvalue weighted by atomic mass is 16.5. The van der Waals surface area contributed by atoms with E-state index in [1.54, 1.807) is 0 Å². The number of rotatable bonds is 6. The van der Waals surface area contributed by atoms with Gasteiger partial charge in [-0.2, -0.15) is 0 Å². The summed E-state index contributed by atoms with van der Waals surface area (Å²) in [6, 6.07) is 23.9. The monoisotopic (exact) mass is 412 g/mol. The Balaban J connectivity index is 1.44. The van der Waals surface area contributed by atoms with Crippen LogP contribution in [0.3, 0.4) is 0 Å². The van der Waals surface area contributed by atoms with Gasteiger partial charge in [-0.05, 0) is 78.2 Å². The van der Waals surface area contributed by atoms with Gasteiger partial charge in [0.2, 0.25) is 0 Å². The zero-order chi connectivity index (χ0) is 21.8. The van der Waals surface area contributed by atoms with E-state index in [9.17, 15) is 0 Å². The summed E-state index contributed by atoms with van der Waals surface area (Å²) in [6.45, 7) is 4.43. The summed E-state index contributed by atoms with van der Waals surface area (Å²) in [5.41, 5.74) is 14.6. The summed E-state index contributed by atoms with van der Waals surface area (Å²) in [4.78, 5) is 0. The van der Waals surface area contributed by atoms with Crippen molar-refractivity contribution in [1.29, 1.82) is 0 Å². The standard InChI is InChI=1S/C27H28N2O2/c1-27(2,19-3-11-23(12-4-19)30-25-15-7-21(28)8-16-25)20-5-13-24(14-6-20)31-26-17-9-22(29)10-18-26/h3-9,11-18,22H,10,28-29H2,1-2H3/t22-/m0/s1. The fourth-order valence-electron chi connectivity index (χ4n) is 3.55. The average Bonchev–Trinajstić information content (AvgIpc) is 2.78. The normalized spacial score (nSPS) is 16.0. The quantitative estimate of drug-likeness (QED) is 0.492. The summed E-state index contributed by atoms with van der Waals surface area (Å²) >= 11 is 0. The highest BCUT2D eigenvalue weighted by Crippen LogP contribution is 2.34. The number of allylic oxidation sites excluding steroid dienone is 1. The zero-order valence-corrected chi connectivity index (χ0v) is 17.9. The minimum atomic E-state index is -0.158. The molecule has 31 heavy (non-hydrogen) atoms. The van der Waals surface area contributed by atoms with Crippen LogP contribution in [0.2, 0.25) is 0 Å². The molecule has 0 saturated heterocycles. The first-order chi connectivity index (χ1) is 14.9. The molecular weight excluding hydrogens is 384 g/mol. The highest BCUT2D eigenvalue weighted by Gasteiger charge is 2.23. The van der Waals surface area contributed by atoms with Crippen molar-refractivity contribution in [3.63, 3.8) is 0 Å². The Morgan fingerprint density at radius 1 is 0.742 bits per heavy atom. The smallest absolute Gasteiger partial charge is 0.127 e.